The molecule has 1 fully saturated rings. The highest BCUT2D eigenvalue weighted by molar-refractivity contribution is 5.92. The Morgan fingerprint density at radius 2 is 1.70 bits per heavy atom. The number of benzene rings is 3. The van der Waals surface area contributed by atoms with E-state index in [9.17, 15) is 23.1 Å². The van der Waals surface area contributed by atoms with Crippen molar-refractivity contribution in [2.24, 2.45) is 0 Å². The number of carbonyl (C=O) groups is 1. The van der Waals surface area contributed by atoms with Crippen molar-refractivity contribution in [3.05, 3.63) is 112 Å². The molecule has 3 heterocycles. The van der Waals surface area contributed by atoms with Crippen LogP contribution < -0.4 is 4.74 Å². The van der Waals surface area contributed by atoms with Crippen LogP contribution in [0.2, 0.25) is 0 Å². The molecular formula is C32H24F5N3O4. The topological polar surface area (TPSA) is 86.5 Å². The van der Waals surface area contributed by atoms with E-state index in [1.54, 1.807) is 4.57 Å². The second kappa shape index (κ2) is 11.7. The third-order valence-electron chi connectivity index (χ3n) is 7.50. The summed E-state index contributed by atoms with van der Waals surface area (Å²) in [6, 6.07) is 10.6. The van der Waals surface area contributed by atoms with Crippen LogP contribution in [-0.4, -0.2) is 38.3 Å². The predicted octanol–water partition coefficient (Wildman–Crippen LogP) is 6.76. The highest BCUT2D eigenvalue weighted by Crippen LogP contribution is 2.30. The van der Waals surface area contributed by atoms with Crippen LogP contribution in [0.15, 0.2) is 54.6 Å². The molecule has 1 atom stereocenters. The summed E-state index contributed by atoms with van der Waals surface area (Å²) in [6.07, 6.45) is 0.292. The van der Waals surface area contributed by atoms with Crippen LogP contribution >= 0.6 is 0 Å². The Balaban J connectivity index is 1.28. The van der Waals surface area contributed by atoms with Crippen molar-refractivity contribution in [3.63, 3.8) is 0 Å². The summed E-state index contributed by atoms with van der Waals surface area (Å²) in [5.74, 6) is -4.80. The molecule has 0 bridgehead atoms. The van der Waals surface area contributed by atoms with E-state index in [2.05, 4.69) is 9.97 Å². The Morgan fingerprint density at radius 1 is 0.955 bits per heavy atom. The van der Waals surface area contributed by atoms with Gasteiger partial charge in [-0.3, -0.25) is 0 Å². The first kappa shape index (κ1) is 29.2. The normalized spacial score (nSPS) is 14.5. The number of pyridine rings is 1. The lowest BCUT2D eigenvalue weighted by molar-refractivity contribution is -0.0589. The largest absolute Gasteiger partial charge is 0.478 e. The maximum atomic E-state index is 15.4. The molecule has 226 valence electrons. The first-order valence-electron chi connectivity index (χ1n) is 13.6. The second-order valence-electron chi connectivity index (χ2n) is 10.5. The van der Waals surface area contributed by atoms with Gasteiger partial charge >= 0.3 is 5.97 Å². The highest BCUT2D eigenvalue weighted by atomic mass is 19.1. The molecule has 7 nitrogen and oxygen atoms in total. The quantitative estimate of drug-likeness (QED) is 0.186. The molecule has 0 radical (unpaired) electrons. The number of hydrogen-bond acceptors (Lipinski definition) is 5. The molecule has 3 aromatic carbocycles. The van der Waals surface area contributed by atoms with Crippen LogP contribution in [0.5, 0.6) is 5.88 Å². The van der Waals surface area contributed by atoms with Crippen LogP contribution in [0.3, 0.4) is 0 Å². The minimum atomic E-state index is -1.32. The monoisotopic (exact) mass is 609 g/mol. The molecule has 12 heteroatoms. The zero-order chi connectivity index (χ0) is 31.1. The number of imidazole rings is 1. The Bertz CT molecular complexity index is 1920. The minimum absolute atomic E-state index is 0.0125. The van der Waals surface area contributed by atoms with Gasteiger partial charge in [-0.15, -0.1) is 0 Å². The maximum absolute atomic E-state index is 15.4. The lowest BCUT2D eigenvalue weighted by Crippen LogP contribution is -2.31. The van der Waals surface area contributed by atoms with Gasteiger partial charge in [0.05, 0.1) is 29.4 Å². The van der Waals surface area contributed by atoms with Crippen molar-refractivity contribution in [2.75, 3.05) is 6.61 Å². The predicted molar refractivity (Wildman–Crippen MR) is 149 cm³/mol. The summed E-state index contributed by atoms with van der Waals surface area (Å²) in [4.78, 5) is 20.0. The first-order chi connectivity index (χ1) is 21.1. The molecule has 1 saturated heterocycles. The van der Waals surface area contributed by atoms with Gasteiger partial charge in [-0.1, -0.05) is 6.07 Å². The summed E-state index contributed by atoms with van der Waals surface area (Å²) in [7, 11) is 0. The van der Waals surface area contributed by atoms with Gasteiger partial charge in [0, 0.05) is 30.2 Å². The average Bonchev–Trinajstić information content (AvgIpc) is 3.31. The van der Waals surface area contributed by atoms with Crippen LogP contribution in [0.25, 0.3) is 22.3 Å². The molecule has 0 saturated carbocycles. The molecule has 1 aliphatic rings. The number of aryl methyl sites for hydroxylation is 1. The van der Waals surface area contributed by atoms with E-state index in [4.69, 9.17) is 9.47 Å². The van der Waals surface area contributed by atoms with Crippen molar-refractivity contribution < 1.29 is 41.3 Å². The van der Waals surface area contributed by atoms with Crippen molar-refractivity contribution in [1.29, 1.82) is 0 Å². The Morgan fingerprint density at radius 3 is 2.43 bits per heavy atom. The highest BCUT2D eigenvalue weighted by Gasteiger charge is 2.25. The van der Waals surface area contributed by atoms with E-state index < -0.39 is 35.1 Å². The first-order valence-corrected chi connectivity index (χ1v) is 13.6. The van der Waals surface area contributed by atoms with Crippen molar-refractivity contribution in [3.8, 4) is 17.1 Å². The lowest BCUT2D eigenvalue weighted by atomic mass is 10.0. The third kappa shape index (κ3) is 5.72. The zero-order valence-corrected chi connectivity index (χ0v) is 23.2. The molecule has 0 unspecified atom stereocenters. The molecule has 0 spiro atoms. The molecule has 1 N–H and O–H groups in total. The lowest BCUT2D eigenvalue weighted by Gasteiger charge is -2.27. The molecule has 1 aliphatic heterocycles. The molecule has 2 aromatic heterocycles. The van der Waals surface area contributed by atoms with E-state index in [0.29, 0.717) is 6.61 Å². The summed E-state index contributed by atoms with van der Waals surface area (Å²) in [5.41, 5.74) is -0.228. The fourth-order valence-corrected chi connectivity index (χ4v) is 5.01. The van der Waals surface area contributed by atoms with Gasteiger partial charge in [-0.05, 0) is 66.9 Å². The fraction of sp³-hybridized carbons (Fsp3) is 0.219. The Kier molecular flexibility index (Phi) is 7.76. The summed E-state index contributed by atoms with van der Waals surface area (Å²) in [6.45, 7) is 1.87. The number of hydrogen-bond donors (Lipinski definition) is 1. The van der Waals surface area contributed by atoms with Gasteiger partial charge in [0.2, 0.25) is 5.88 Å². The number of nitrogens with zero attached hydrogens (tertiary/aromatic N) is 3. The SMILES string of the molecule is Cc1cc(F)c(COc2cccc(-c3cc(F)c(Cc4nc5c(F)cc(C(=O)O)cc5n4C[C@@H]4CCO4)cc3F)n2)cc1F. The van der Waals surface area contributed by atoms with Gasteiger partial charge in [-0.25, -0.2) is 36.7 Å². The summed E-state index contributed by atoms with van der Waals surface area (Å²) in [5, 5.41) is 9.40. The van der Waals surface area contributed by atoms with E-state index in [0.717, 1.165) is 36.8 Å². The van der Waals surface area contributed by atoms with Gasteiger partial charge in [0.1, 0.15) is 41.2 Å². The van der Waals surface area contributed by atoms with Gasteiger partial charge in [0.25, 0.3) is 0 Å². The Labute approximate surface area is 247 Å². The number of aromatic carboxylic acids is 1. The van der Waals surface area contributed by atoms with Crippen molar-refractivity contribution in [1.82, 2.24) is 14.5 Å². The van der Waals surface area contributed by atoms with E-state index in [1.807, 2.05) is 0 Å². The fourth-order valence-electron chi connectivity index (χ4n) is 5.01. The zero-order valence-electron chi connectivity index (χ0n) is 23.2. The van der Waals surface area contributed by atoms with Crippen molar-refractivity contribution >= 4 is 17.0 Å². The van der Waals surface area contributed by atoms with Crippen LogP contribution in [0.1, 0.15) is 39.3 Å². The van der Waals surface area contributed by atoms with Crippen molar-refractivity contribution in [2.45, 2.75) is 39.0 Å². The van der Waals surface area contributed by atoms with E-state index in [-0.39, 0.29) is 81.9 Å². The van der Waals surface area contributed by atoms with Crippen LogP contribution in [-0.2, 0) is 24.3 Å². The maximum Gasteiger partial charge on any atom is 0.335 e. The molecular weight excluding hydrogens is 585 g/mol. The van der Waals surface area contributed by atoms with Crippen LogP contribution in [0, 0.1) is 36.0 Å². The summed E-state index contributed by atoms with van der Waals surface area (Å²) >= 11 is 0. The summed E-state index contributed by atoms with van der Waals surface area (Å²) < 4.78 is 86.3. The molecule has 44 heavy (non-hydrogen) atoms. The second-order valence-corrected chi connectivity index (χ2v) is 10.5. The number of carboxylic acid groups (broad SMARTS) is 1. The Hall–Kier alpha value is -4.84. The van der Waals surface area contributed by atoms with E-state index in [1.165, 1.54) is 31.2 Å². The van der Waals surface area contributed by atoms with Gasteiger partial charge in [0.15, 0.2) is 5.82 Å². The molecule has 0 aliphatic carbocycles. The molecule has 0 amide bonds. The van der Waals surface area contributed by atoms with E-state index >= 15 is 8.78 Å². The van der Waals surface area contributed by atoms with Gasteiger partial charge < -0.3 is 19.1 Å². The third-order valence-corrected chi connectivity index (χ3v) is 7.50. The number of aromatic nitrogens is 3. The number of rotatable bonds is 9. The molecule has 5 aromatic rings. The number of fused-ring (bicyclic) bond motifs is 1. The number of ether oxygens (including phenoxy) is 2. The molecule has 6 rings (SSSR count). The number of carboxylic acids is 1. The smallest absolute Gasteiger partial charge is 0.335 e. The van der Waals surface area contributed by atoms with Gasteiger partial charge in [-0.2, -0.15) is 0 Å². The van der Waals surface area contributed by atoms with Crippen LogP contribution in [0.4, 0.5) is 22.0 Å². The standard InChI is InChI=1S/C32H24F5N3O4/c1-16-7-23(34)19(10-22(16)33)15-44-30-4-2-3-27(38-30)21-13-24(35)17(8-25(21)36)12-29-39-31-26(37)9-18(32(41)42)11-28(31)40(29)14-20-5-6-43-20/h2-4,7-11,13,20H,5-6,12,14-15H2,1H3,(H,41,42)/t20-/m0/s1. The minimum Gasteiger partial charge on any atom is -0.478 e. The average molecular weight is 610 g/mol. The number of halogens is 5.